The molecule has 4 nitrogen and oxygen atoms in total. The van der Waals surface area contributed by atoms with Gasteiger partial charge < -0.3 is 5.11 Å². The van der Waals surface area contributed by atoms with Crippen molar-refractivity contribution in [2.75, 3.05) is 4.72 Å². The Hall–Kier alpha value is -1.37. The van der Waals surface area contributed by atoms with Gasteiger partial charge in [-0.3, -0.25) is 4.72 Å². The zero-order chi connectivity index (χ0) is 14.8. The first-order chi connectivity index (χ1) is 9.42. The van der Waals surface area contributed by atoms with Crippen molar-refractivity contribution in [3.05, 3.63) is 46.8 Å². The van der Waals surface area contributed by atoms with Crippen LogP contribution in [0.15, 0.2) is 40.6 Å². The molecule has 1 aromatic heterocycles. The molecule has 108 valence electrons. The van der Waals surface area contributed by atoms with E-state index in [4.69, 9.17) is 5.11 Å². The molecule has 0 saturated heterocycles. The summed E-state index contributed by atoms with van der Waals surface area (Å²) >= 11 is 1.07. The lowest BCUT2D eigenvalue weighted by atomic mass is 10.0. The van der Waals surface area contributed by atoms with E-state index in [1.807, 2.05) is 18.2 Å². The van der Waals surface area contributed by atoms with Gasteiger partial charge in [0.2, 0.25) is 0 Å². The largest absolute Gasteiger partial charge is 0.391 e. The molecule has 1 heterocycles. The Labute approximate surface area is 123 Å². The Morgan fingerprint density at radius 3 is 2.60 bits per heavy atom. The summed E-state index contributed by atoms with van der Waals surface area (Å²) in [6.07, 6.45) is 0. The van der Waals surface area contributed by atoms with Crippen molar-refractivity contribution in [2.45, 2.75) is 30.6 Å². The van der Waals surface area contributed by atoms with Crippen LogP contribution in [0.4, 0.5) is 5.69 Å². The van der Waals surface area contributed by atoms with E-state index in [-0.39, 0.29) is 10.8 Å². The first-order valence-electron chi connectivity index (χ1n) is 6.25. The molecule has 6 heteroatoms. The molecule has 0 unspecified atom stereocenters. The van der Waals surface area contributed by atoms with Crippen LogP contribution in [0.2, 0.25) is 0 Å². The van der Waals surface area contributed by atoms with Crippen LogP contribution >= 0.6 is 11.3 Å². The molecular weight excluding hydrogens is 294 g/mol. The van der Waals surface area contributed by atoms with E-state index >= 15 is 0 Å². The fraction of sp³-hybridized carbons (Fsp3) is 0.286. The molecule has 0 aliphatic heterocycles. The third-order valence-electron chi connectivity index (χ3n) is 2.86. The van der Waals surface area contributed by atoms with Crippen LogP contribution in [0.25, 0.3) is 0 Å². The molecule has 0 fully saturated rings. The second-order valence-electron chi connectivity index (χ2n) is 4.76. The molecule has 1 aromatic carbocycles. The summed E-state index contributed by atoms with van der Waals surface area (Å²) < 4.78 is 27.2. The highest BCUT2D eigenvalue weighted by Crippen LogP contribution is 2.25. The van der Waals surface area contributed by atoms with E-state index in [1.165, 1.54) is 6.07 Å². The molecule has 2 aromatic rings. The van der Waals surface area contributed by atoms with Crippen molar-refractivity contribution in [1.82, 2.24) is 0 Å². The van der Waals surface area contributed by atoms with Crippen molar-refractivity contribution < 1.29 is 13.5 Å². The SMILES string of the molecule is CC(C)c1cccc(NS(=O)(=O)c2ccc(CO)s2)c1. The van der Waals surface area contributed by atoms with Gasteiger partial charge >= 0.3 is 0 Å². The third-order valence-corrected chi connectivity index (χ3v) is 5.81. The zero-order valence-electron chi connectivity index (χ0n) is 11.3. The van der Waals surface area contributed by atoms with Crippen molar-refractivity contribution >= 4 is 27.0 Å². The highest BCUT2D eigenvalue weighted by atomic mass is 32.2. The Balaban J connectivity index is 2.26. The van der Waals surface area contributed by atoms with Gasteiger partial charge in [0.25, 0.3) is 10.0 Å². The van der Waals surface area contributed by atoms with Crippen molar-refractivity contribution in [1.29, 1.82) is 0 Å². The van der Waals surface area contributed by atoms with Crippen LogP contribution in [0.5, 0.6) is 0 Å². The fourth-order valence-corrected chi connectivity index (χ4v) is 4.02. The topological polar surface area (TPSA) is 66.4 Å². The van der Waals surface area contributed by atoms with Gasteiger partial charge in [-0.2, -0.15) is 0 Å². The molecule has 20 heavy (non-hydrogen) atoms. The number of aliphatic hydroxyl groups excluding tert-OH is 1. The van der Waals surface area contributed by atoms with Gasteiger partial charge in [-0.15, -0.1) is 11.3 Å². The number of rotatable bonds is 5. The van der Waals surface area contributed by atoms with E-state index < -0.39 is 10.0 Å². The standard InChI is InChI=1S/C14H17NO3S2/c1-10(2)11-4-3-5-12(8-11)15-20(17,18)14-7-6-13(9-16)19-14/h3-8,10,15-16H,9H2,1-2H3. The van der Waals surface area contributed by atoms with E-state index in [0.29, 0.717) is 16.5 Å². The first-order valence-corrected chi connectivity index (χ1v) is 8.54. The monoisotopic (exact) mass is 311 g/mol. The average Bonchev–Trinajstić information content (AvgIpc) is 2.88. The molecule has 0 radical (unpaired) electrons. The normalized spacial score (nSPS) is 11.8. The molecule has 0 amide bonds. The van der Waals surface area contributed by atoms with E-state index in [1.54, 1.807) is 12.1 Å². The van der Waals surface area contributed by atoms with Crippen LogP contribution < -0.4 is 4.72 Å². The molecule has 0 aliphatic carbocycles. The smallest absolute Gasteiger partial charge is 0.271 e. The van der Waals surface area contributed by atoms with Gasteiger partial charge in [-0.1, -0.05) is 26.0 Å². The predicted octanol–water partition coefficient (Wildman–Crippen LogP) is 3.16. The maximum atomic E-state index is 12.2. The van der Waals surface area contributed by atoms with Gasteiger partial charge in [0.1, 0.15) is 4.21 Å². The Kier molecular flexibility index (Phi) is 4.47. The summed E-state index contributed by atoms with van der Waals surface area (Å²) in [7, 11) is -3.59. The van der Waals surface area contributed by atoms with Crippen LogP contribution in [-0.4, -0.2) is 13.5 Å². The summed E-state index contributed by atoms with van der Waals surface area (Å²) in [6.45, 7) is 3.96. The highest BCUT2D eigenvalue weighted by molar-refractivity contribution is 7.94. The quantitative estimate of drug-likeness (QED) is 0.891. The average molecular weight is 311 g/mol. The molecule has 2 rings (SSSR count). The van der Waals surface area contributed by atoms with Crippen LogP contribution in [0.3, 0.4) is 0 Å². The zero-order valence-corrected chi connectivity index (χ0v) is 13.0. The van der Waals surface area contributed by atoms with Crippen molar-refractivity contribution in [3.63, 3.8) is 0 Å². The summed E-state index contributed by atoms with van der Waals surface area (Å²) in [5.74, 6) is 0.335. The van der Waals surface area contributed by atoms with Gasteiger partial charge in [0, 0.05) is 10.6 Å². The van der Waals surface area contributed by atoms with Crippen molar-refractivity contribution in [2.24, 2.45) is 0 Å². The lowest BCUT2D eigenvalue weighted by Crippen LogP contribution is -2.11. The molecule has 0 bridgehead atoms. The van der Waals surface area contributed by atoms with Crippen molar-refractivity contribution in [3.8, 4) is 0 Å². The Morgan fingerprint density at radius 2 is 2.00 bits per heavy atom. The summed E-state index contributed by atoms with van der Waals surface area (Å²) in [4.78, 5) is 0.626. The van der Waals surface area contributed by atoms with E-state index in [9.17, 15) is 8.42 Å². The molecular formula is C14H17NO3S2. The minimum atomic E-state index is -3.59. The molecule has 0 atom stereocenters. The number of nitrogens with one attached hydrogen (secondary N) is 1. The molecule has 0 aliphatic rings. The Bertz CT molecular complexity index is 690. The van der Waals surface area contributed by atoms with Gasteiger partial charge in [0.15, 0.2) is 0 Å². The minimum Gasteiger partial charge on any atom is -0.391 e. The number of aliphatic hydroxyl groups is 1. The van der Waals surface area contributed by atoms with Gasteiger partial charge in [-0.25, -0.2) is 8.42 Å². The summed E-state index contributed by atoms with van der Waals surface area (Å²) in [5.41, 5.74) is 1.63. The number of benzene rings is 1. The maximum absolute atomic E-state index is 12.2. The van der Waals surface area contributed by atoms with E-state index in [0.717, 1.165) is 16.9 Å². The third kappa shape index (κ3) is 3.39. The predicted molar refractivity (Wildman–Crippen MR) is 81.6 cm³/mol. The number of thiophene rings is 1. The summed E-state index contributed by atoms with van der Waals surface area (Å²) in [5, 5.41) is 9.00. The lowest BCUT2D eigenvalue weighted by Gasteiger charge is -2.10. The molecule has 2 N–H and O–H groups in total. The molecule has 0 saturated carbocycles. The lowest BCUT2D eigenvalue weighted by molar-refractivity contribution is 0.285. The number of hydrogen-bond acceptors (Lipinski definition) is 4. The van der Waals surface area contributed by atoms with Crippen LogP contribution in [-0.2, 0) is 16.6 Å². The summed E-state index contributed by atoms with van der Waals surface area (Å²) in [6, 6.07) is 10.5. The number of hydrogen-bond donors (Lipinski definition) is 2. The van der Waals surface area contributed by atoms with E-state index in [2.05, 4.69) is 18.6 Å². The van der Waals surface area contributed by atoms with Crippen LogP contribution in [0, 0.1) is 0 Å². The maximum Gasteiger partial charge on any atom is 0.271 e. The second kappa shape index (κ2) is 5.95. The van der Waals surface area contributed by atoms with Crippen LogP contribution in [0.1, 0.15) is 30.2 Å². The Morgan fingerprint density at radius 1 is 1.25 bits per heavy atom. The van der Waals surface area contributed by atoms with Gasteiger partial charge in [0.05, 0.1) is 6.61 Å². The second-order valence-corrected chi connectivity index (χ2v) is 7.84. The number of sulfonamides is 1. The number of anilines is 1. The molecule has 0 spiro atoms. The first kappa shape index (κ1) is 15.0. The van der Waals surface area contributed by atoms with Gasteiger partial charge in [-0.05, 0) is 35.7 Å². The minimum absolute atomic E-state index is 0.150. The highest BCUT2D eigenvalue weighted by Gasteiger charge is 2.17. The fourth-order valence-electron chi connectivity index (χ4n) is 1.75.